The second-order valence-electron chi connectivity index (χ2n) is 7.10. The van der Waals surface area contributed by atoms with E-state index in [2.05, 4.69) is 20.8 Å². The molecule has 0 aliphatic rings. The van der Waals surface area contributed by atoms with Gasteiger partial charge in [-0.3, -0.25) is 14.9 Å². The van der Waals surface area contributed by atoms with Crippen molar-refractivity contribution in [1.82, 2.24) is 10.2 Å². The number of ether oxygens (including phenoxy) is 3. The van der Waals surface area contributed by atoms with Crippen LogP contribution in [0.25, 0.3) is 10.8 Å². The van der Waals surface area contributed by atoms with E-state index in [1.54, 1.807) is 12.1 Å². The number of aromatic nitrogens is 2. The highest BCUT2D eigenvalue weighted by Crippen LogP contribution is 2.38. The van der Waals surface area contributed by atoms with Gasteiger partial charge in [0.1, 0.15) is 0 Å². The summed E-state index contributed by atoms with van der Waals surface area (Å²) in [4.78, 5) is 25.2. The fourth-order valence-corrected chi connectivity index (χ4v) is 4.90. The minimum atomic E-state index is -0.411. The molecule has 0 unspecified atom stereocenters. The van der Waals surface area contributed by atoms with Crippen molar-refractivity contribution < 1.29 is 23.8 Å². The molecular formula is C24H22N4O5S2. The quantitative estimate of drug-likeness (QED) is 0.246. The van der Waals surface area contributed by atoms with Crippen LogP contribution in [0.3, 0.4) is 0 Å². The van der Waals surface area contributed by atoms with Crippen LogP contribution in [0.1, 0.15) is 10.4 Å². The number of benzene rings is 3. The monoisotopic (exact) mass is 510 g/mol. The molecule has 180 valence electrons. The lowest BCUT2D eigenvalue weighted by atomic mass is 10.1. The molecule has 2 N–H and O–H groups in total. The van der Waals surface area contributed by atoms with E-state index >= 15 is 0 Å². The maximum Gasteiger partial charge on any atom is 0.257 e. The van der Waals surface area contributed by atoms with Gasteiger partial charge in [0.25, 0.3) is 5.91 Å². The molecule has 0 fully saturated rings. The Morgan fingerprint density at radius 2 is 1.63 bits per heavy atom. The van der Waals surface area contributed by atoms with Crippen molar-refractivity contribution in [3.8, 4) is 17.2 Å². The largest absolute Gasteiger partial charge is 0.493 e. The number of amides is 2. The van der Waals surface area contributed by atoms with E-state index in [-0.39, 0.29) is 11.7 Å². The number of nitrogens with one attached hydrogen (secondary N) is 2. The fourth-order valence-electron chi connectivity index (χ4n) is 3.35. The molecule has 0 saturated carbocycles. The number of rotatable bonds is 9. The molecule has 0 aliphatic heterocycles. The Morgan fingerprint density at radius 3 is 2.34 bits per heavy atom. The van der Waals surface area contributed by atoms with Gasteiger partial charge in [-0.25, -0.2) is 0 Å². The van der Waals surface area contributed by atoms with Crippen molar-refractivity contribution in [1.29, 1.82) is 0 Å². The van der Waals surface area contributed by atoms with E-state index < -0.39 is 5.91 Å². The first-order valence-corrected chi connectivity index (χ1v) is 12.2. The molecule has 0 bridgehead atoms. The number of nitrogens with zero attached hydrogens (tertiary/aromatic N) is 2. The zero-order chi connectivity index (χ0) is 24.8. The zero-order valence-corrected chi connectivity index (χ0v) is 20.8. The van der Waals surface area contributed by atoms with Gasteiger partial charge in [0, 0.05) is 16.6 Å². The van der Waals surface area contributed by atoms with Gasteiger partial charge in [0.2, 0.25) is 16.8 Å². The van der Waals surface area contributed by atoms with Gasteiger partial charge >= 0.3 is 0 Å². The summed E-state index contributed by atoms with van der Waals surface area (Å²) in [5, 5.41) is 16.0. The molecule has 35 heavy (non-hydrogen) atoms. The third kappa shape index (κ3) is 5.64. The number of thioether (sulfide) groups is 1. The van der Waals surface area contributed by atoms with Gasteiger partial charge in [-0.1, -0.05) is 59.5 Å². The van der Waals surface area contributed by atoms with Crippen molar-refractivity contribution in [3.63, 3.8) is 0 Å². The summed E-state index contributed by atoms with van der Waals surface area (Å²) in [6.07, 6.45) is 0. The number of carbonyl (C=O) groups excluding carboxylic acids is 2. The van der Waals surface area contributed by atoms with Gasteiger partial charge in [-0.15, -0.1) is 10.2 Å². The molecule has 0 spiro atoms. The zero-order valence-electron chi connectivity index (χ0n) is 19.2. The average Bonchev–Trinajstić information content (AvgIpc) is 3.33. The Hall–Kier alpha value is -3.83. The third-order valence-corrected chi connectivity index (χ3v) is 6.92. The normalized spacial score (nSPS) is 10.6. The Kier molecular flexibility index (Phi) is 7.68. The van der Waals surface area contributed by atoms with Gasteiger partial charge < -0.3 is 19.5 Å². The minimum Gasteiger partial charge on any atom is -0.493 e. The summed E-state index contributed by atoms with van der Waals surface area (Å²) in [7, 11) is 4.44. The van der Waals surface area contributed by atoms with E-state index in [0.717, 1.165) is 16.5 Å². The highest BCUT2D eigenvalue weighted by molar-refractivity contribution is 8.01. The van der Waals surface area contributed by atoms with Crippen molar-refractivity contribution in [2.45, 2.75) is 4.34 Å². The first-order chi connectivity index (χ1) is 17.0. The molecule has 1 aromatic heterocycles. The number of carbonyl (C=O) groups is 2. The first-order valence-electron chi connectivity index (χ1n) is 10.4. The highest BCUT2D eigenvalue weighted by Gasteiger charge is 2.18. The molecule has 9 nitrogen and oxygen atoms in total. The maximum atomic E-state index is 12.7. The lowest BCUT2D eigenvalue weighted by molar-refractivity contribution is -0.113. The molecule has 2 amide bonds. The van der Waals surface area contributed by atoms with Crippen molar-refractivity contribution in [3.05, 3.63) is 60.2 Å². The summed E-state index contributed by atoms with van der Waals surface area (Å²) >= 11 is 2.41. The summed E-state index contributed by atoms with van der Waals surface area (Å²) < 4.78 is 16.4. The lowest BCUT2D eigenvalue weighted by Crippen LogP contribution is -2.14. The van der Waals surface area contributed by atoms with Crippen molar-refractivity contribution in [2.24, 2.45) is 0 Å². The van der Waals surface area contributed by atoms with Crippen LogP contribution < -0.4 is 24.8 Å². The molecule has 0 aliphatic carbocycles. The molecule has 0 atom stereocenters. The van der Waals surface area contributed by atoms with Gasteiger partial charge in [-0.05, 0) is 23.6 Å². The SMILES string of the molecule is COc1cc(C(=O)Nc2nnc(SCC(=O)Nc3cccc4ccccc34)s2)cc(OC)c1OC. The molecule has 0 radical (unpaired) electrons. The molecule has 0 saturated heterocycles. The predicted octanol–water partition coefficient (Wildman–Crippen LogP) is 4.70. The Morgan fingerprint density at radius 1 is 0.914 bits per heavy atom. The van der Waals surface area contributed by atoms with Crippen LogP contribution in [0.2, 0.25) is 0 Å². The Balaban J connectivity index is 1.37. The molecule has 4 rings (SSSR count). The summed E-state index contributed by atoms with van der Waals surface area (Å²) in [6, 6.07) is 16.7. The topological polar surface area (TPSA) is 112 Å². The van der Waals surface area contributed by atoms with Crippen LogP contribution in [0.4, 0.5) is 10.8 Å². The molecule has 4 aromatic rings. The predicted molar refractivity (Wildman–Crippen MR) is 137 cm³/mol. The van der Waals surface area contributed by atoms with Crippen LogP contribution in [0.15, 0.2) is 58.9 Å². The molecule has 3 aromatic carbocycles. The summed E-state index contributed by atoms with van der Waals surface area (Å²) in [5.41, 5.74) is 1.06. The van der Waals surface area contributed by atoms with Crippen LogP contribution in [-0.2, 0) is 4.79 Å². The van der Waals surface area contributed by atoms with Gasteiger partial charge in [-0.2, -0.15) is 0 Å². The van der Waals surface area contributed by atoms with Crippen LogP contribution >= 0.6 is 23.1 Å². The van der Waals surface area contributed by atoms with E-state index in [0.29, 0.717) is 32.3 Å². The second kappa shape index (κ2) is 11.1. The van der Waals surface area contributed by atoms with Crippen molar-refractivity contribution in [2.75, 3.05) is 37.7 Å². The summed E-state index contributed by atoms with van der Waals surface area (Å²) in [5.74, 6) is 0.696. The number of methoxy groups -OCH3 is 3. The average molecular weight is 511 g/mol. The summed E-state index contributed by atoms with van der Waals surface area (Å²) in [6.45, 7) is 0. The Bertz CT molecular complexity index is 1340. The standard InChI is InChI=1S/C24H22N4O5S2/c1-31-18-11-15(12-19(32-2)21(18)33-3)22(30)26-23-27-28-24(35-23)34-13-20(29)25-17-10-6-8-14-7-4-5-9-16(14)17/h4-12H,13H2,1-3H3,(H,25,29)(H,26,27,30). The lowest BCUT2D eigenvalue weighted by Gasteiger charge is -2.13. The highest BCUT2D eigenvalue weighted by atomic mass is 32.2. The van der Waals surface area contributed by atoms with Crippen LogP contribution in [0.5, 0.6) is 17.2 Å². The van der Waals surface area contributed by atoms with Crippen molar-refractivity contribution >= 4 is 56.5 Å². The number of fused-ring (bicyclic) bond motifs is 1. The number of hydrogen-bond donors (Lipinski definition) is 2. The van der Waals surface area contributed by atoms with Gasteiger partial charge in [0.05, 0.1) is 27.1 Å². The van der Waals surface area contributed by atoms with E-state index in [1.165, 1.54) is 44.4 Å². The molecular weight excluding hydrogens is 488 g/mol. The molecule has 11 heteroatoms. The first kappa shape index (κ1) is 24.3. The molecule has 1 heterocycles. The van der Waals surface area contributed by atoms with Crippen LogP contribution in [0, 0.1) is 0 Å². The number of hydrogen-bond acceptors (Lipinski definition) is 9. The second-order valence-corrected chi connectivity index (χ2v) is 9.30. The third-order valence-electron chi connectivity index (χ3n) is 4.94. The Labute approximate surface area is 209 Å². The smallest absolute Gasteiger partial charge is 0.257 e. The van der Waals surface area contributed by atoms with E-state index in [9.17, 15) is 9.59 Å². The fraction of sp³-hybridized carbons (Fsp3) is 0.167. The maximum absolute atomic E-state index is 12.7. The number of anilines is 2. The minimum absolute atomic E-state index is 0.151. The van der Waals surface area contributed by atoms with Crippen LogP contribution in [-0.4, -0.2) is 49.1 Å². The van der Waals surface area contributed by atoms with E-state index in [4.69, 9.17) is 14.2 Å². The van der Waals surface area contributed by atoms with Gasteiger partial charge in [0.15, 0.2) is 15.8 Å². The van der Waals surface area contributed by atoms with E-state index in [1.807, 2.05) is 42.5 Å².